The number of thiophene rings is 1. The summed E-state index contributed by atoms with van der Waals surface area (Å²) in [5.74, 6) is 2.47. The van der Waals surface area contributed by atoms with Crippen molar-refractivity contribution in [3.63, 3.8) is 0 Å². The minimum absolute atomic E-state index is 0.621. The molecule has 0 bridgehead atoms. The van der Waals surface area contributed by atoms with Crippen LogP contribution in [0.5, 0.6) is 11.5 Å². The highest BCUT2D eigenvalue weighted by atomic mass is 32.1. The monoisotopic (exact) mass is 381 g/mol. The highest BCUT2D eigenvalue weighted by Gasteiger charge is 2.21. The Morgan fingerprint density at radius 1 is 1.22 bits per heavy atom. The topological polar surface area (TPSA) is 47.5 Å². The van der Waals surface area contributed by atoms with Crippen molar-refractivity contribution >= 4 is 11.3 Å². The number of nitrogens with zero attached hydrogens (tertiary/aromatic N) is 3. The summed E-state index contributed by atoms with van der Waals surface area (Å²) >= 11 is 1.68. The van der Waals surface area contributed by atoms with Gasteiger partial charge in [0.2, 0.25) is 0 Å². The van der Waals surface area contributed by atoms with Crippen molar-refractivity contribution in [2.75, 3.05) is 20.3 Å². The second-order valence-corrected chi connectivity index (χ2v) is 7.43. The number of fused-ring (bicyclic) bond motifs is 1. The molecule has 0 radical (unpaired) electrons. The smallest absolute Gasteiger partial charge is 0.169 e. The number of rotatable bonds is 6. The Hall–Kier alpha value is -2.44. The zero-order valence-electron chi connectivity index (χ0n) is 15.6. The van der Waals surface area contributed by atoms with Crippen molar-refractivity contribution in [3.8, 4) is 22.2 Å². The Labute approximate surface area is 163 Å². The molecule has 0 fully saturated rings. The first-order valence-electron chi connectivity index (χ1n) is 9.18. The molecule has 140 valence electrons. The van der Waals surface area contributed by atoms with Crippen LogP contribution in [-0.2, 0) is 19.5 Å². The molecule has 0 saturated heterocycles. The molecule has 1 aromatic carbocycles. The van der Waals surface area contributed by atoms with Crippen LogP contribution in [0, 0.1) is 0 Å². The molecule has 0 spiro atoms. The first-order chi connectivity index (χ1) is 13.3. The largest absolute Gasteiger partial charge is 0.493 e. The van der Waals surface area contributed by atoms with Gasteiger partial charge in [-0.25, -0.2) is 9.97 Å². The lowest BCUT2D eigenvalue weighted by atomic mass is 10.1. The van der Waals surface area contributed by atoms with Crippen LogP contribution in [0.25, 0.3) is 10.7 Å². The highest BCUT2D eigenvalue weighted by Crippen LogP contribution is 2.33. The fraction of sp³-hybridized carbons (Fsp3) is 0.333. The number of hydrogen-bond acceptors (Lipinski definition) is 6. The van der Waals surface area contributed by atoms with Crippen LogP contribution >= 0.6 is 11.3 Å². The van der Waals surface area contributed by atoms with Crippen LogP contribution < -0.4 is 9.47 Å². The zero-order chi connectivity index (χ0) is 18.6. The van der Waals surface area contributed by atoms with E-state index in [2.05, 4.69) is 27.4 Å². The van der Waals surface area contributed by atoms with Gasteiger partial charge in [0, 0.05) is 43.4 Å². The van der Waals surface area contributed by atoms with Gasteiger partial charge in [-0.3, -0.25) is 4.90 Å². The molecule has 0 amide bonds. The molecule has 6 heteroatoms. The highest BCUT2D eigenvalue weighted by molar-refractivity contribution is 7.13. The third-order valence-corrected chi connectivity index (χ3v) is 5.58. The van der Waals surface area contributed by atoms with Crippen molar-refractivity contribution in [2.45, 2.75) is 26.4 Å². The summed E-state index contributed by atoms with van der Waals surface area (Å²) in [7, 11) is 1.68. The van der Waals surface area contributed by atoms with E-state index >= 15 is 0 Å². The first kappa shape index (κ1) is 17.9. The van der Waals surface area contributed by atoms with E-state index in [0.717, 1.165) is 53.8 Å². The lowest BCUT2D eigenvalue weighted by Gasteiger charge is -2.28. The van der Waals surface area contributed by atoms with Crippen LogP contribution in [0.15, 0.2) is 41.9 Å². The molecule has 27 heavy (non-hydrogen) atoms. The van der Waals surface area contributed by atoms with Crippen molar-refractivity contribution in [1.29, 1.82) is 0 Å². The van der Waals surface area contributed by atoms with Gasteiger partial charge in [-0.1, -0.05) is 18.2 Å². The van der Waals surface area contributed by atoms with E-state index in [9.17, 15) is 0 Å². The summed E-state index contributed by atoms with van der Waals surface area (Å²) < 4.78 is 11.3. The Morgan fingerprint density at radius 3 is 2.93 bits per heavy atom. The molecule has 0 N–H and O–H groups in total. The predicted molar refractivity (Wildman–Crippen MR) is 107 cm³/mol. The third-order valence-electron chi connectivity index (χ3n) is 4.72. The molecule has 1 aliphatic heterocycles. The maximum absolute atomic E-state index is 5.85. The molecule has 0 unspecified atom stereocenters. The minimum atomic E-state index is 0.621. The summed E-state index contributed by atoms with van der Waals surface area (Å²) in [5, 5.41) is 2.06. The number of ether oxygens (including phenoxy) is 2. The van der Waals surface area contributed by atoms with E-state index in [4.69, 9.17) is 14.5 Å². The van der Waals surface area contributed by atoms with Crippen LogP contribution in [0.4, 0.5) is 0 Å². The molecule has 3 aromatic rings. The van der Waals surface area contributed by atoms with Gasteiger partial charge in [-0.05, 0) is 24.4 Å². The maximum Gasteiger partial charge on any atom is 0.169 e. The second-order valence-electron chi connectivity index (χ2n) is 6.49. The Balaban J connectivity index is 1.52. The number of benzene rings is 1. The molecule has 2 aromatic heterocycles. The van der Waals surface area contributed by atoms with Gasteiger partial charge in [0.25, 0.3) is 0 Å². The average Bonchev–Trinajstić information content (AvgIpc) is 3.24. The Morgan fingerprint density at radius 2 is 2.15 bits per heavy atom. The molecule has 1 aliphatic rings. The zero-order valence-corrected chi connectivity index (χ0v) is 16.5. The van der Waals surface area contributed by atoms with E-state index < -0.39 is 0 Å². The van der Waals surface area contributed by atoms with Gasteiger partial charge in [-0.15, -0.1) is 11.3 Å². The quantitative estimate of drug-likeness (QED) is 0.641. The molecular formula is C21H23N3O2S. The summed E-state index contributed by atoms with van der Waals surface area (Å²) in [5.41, 5.74) is 3.53. The van der Waals surface area contributed by atoms with E-state index in [1.165, 1.54) is 11.3 Å². The van der Waals surface area contributed by atoms with Crippen molar-refractivity contribution in [2.24, 2.45) is 0 Å². The van der Waals surface area contributed by atoms with Crippen molar-refractivity contribution in [3.05, 3.63) is 58.7 Å². The van der Waals surface area contributed by atoms with Crippen LogP contribution in [0.2, 0.25) is 0 Å². The molecule has 4 rings (SSSR count). The predicted octanol–water partition coefficient (Wildman–Crippen LogP) is 4.17. The number of methoxy groups -OCH3 is 1. The maximum atomic E-state index is 5.85. The Kier molecular flexibility index (Phi) is 5.36. The SMILES string of the molecule is CCOc1c(CN2CCc3nc(-c4cccs4)ncc3C2)cccc1OC. The molecule has 0 saturated carbocycles. The van der Waals surface area contributed by atoms with Crippen LogP contribution in [0.3, 0.4) is 0 Å². The fourth-order valence-corrected chi connectivity index (χ4v) is 4.09. The van der Waals surface area contributed by atoms with E-state index in [0.29, 0.717) is 6.61 Å². The average molecular weight is 382 g/mol. The second kappa shape index (κ2) is 8.06. The molecule has 0 aliphatic carbocycles. The van der Waals surface area contributed by atoms with E-state index in [1.807, 2.05) is 31.3 Å². The third kappa shape index (κ3) is 3.82. The first-order valence-corrected chi connectivity index (χ1v) is 10.1. The van der Waals surface area contributed by atoms with E-state index in [-0.39, 0.29) is 0 Å². The fourth-order valence-electron chi connectivity index (χ4n) is 3.43. The van der Waals surface area contributed by atoms with E-state index in [1.54, 1.807) is 18.4 Å². The molecular weight excluding hydrogens is 358 g/mol. The van der Waals surface area contributed by atoms with Gasteiger partial charge in [0.1, 0.15) is 0 Å². The van der Waals surface area contributed by atoms with Gasteiger partial charge in [-0.2, -0.15) is 0 Å². The standard InChI is InChI=1S/C21H23N3O2S/c1-3-26-20-15(6-4-7-18(20)25-2)13-24-10-9-17-16(14-24)12-22-21(23-17)19-8-5-11-27-19/h4-8,11-12H,3,9-10,13-14H2,1-2H3. The minimum Gasteiger partial charge on any atom is -0.493 e. The molecule has 5 nitrogen and oxygen atoms in total. The lowest BCUT2D eigenvalue weighted by Crippen LogP contribution is -2.31. The van der Waals surface area contributed by atoms with Gasteiger partial charge >= 0.3 is 0 Å². The van der Waals surface area contributed by atoms with Crippen LogP contribution in [0.1, 0.15) is 23.7 Å². The van der Waals surface area contributed by atoms with Crippen LogP contribution in [-0.4, -0.2) is 35.1 Å². The van der Waals surface area contributed by atoms with Crippen molar-refractivity contribution in [1.82, 2.24) is 14.9 Å². The van der Waals surface area contributed by atoms with Gasteiger partial charge in [0.15, 0.2) is 17.3 Å². The summed E-state index contributed by atoms with van der Waals surface area (Å²) in [6, 6.07) is 10.2. The summed E-state index contributed by atoms with van der Waals surface area (Å²) in [6.07, 6.45) is 2.92. The van der Waals surface area contributed by atoms with Crippen molar-refractivity contribution < 1.29 is 9.47 Å². The summed E-state index contributed by atoms with van der Waals surface area (Å²) in [6.45, 7) is 5.25. The number of hydrogen-bond donors (Lipinski definition) is 0. The number of para-hydroxylation sites is 1. The summed E-state index contributed by atoms with van der Waals surface area (Å²) in [4.78, 5) is 12.9. The normalized spacial score (nSPS) is 14.0. The van der Waals surface area contributed by atoms with Gasteiger partial charge < -0.3 is 9.47 Å². The lowest BCUT2D eigenvalue weighted by molar-refractivity contribution is 0.234. The molecule has 3 heterocycles. The van der Waals surface area contributed by atoms with Gasteiger partial charge in [0.05, 0.1) is 24.3 Å². The Bertz CT molecular complexity index is 912. The molecule has 0 atom stereocenters. The number of aromatic nitrogens is 2.